The lowest BCUT2D eigenvalue weighted by atomic mass is 10.4. The largest absolute Gasteiger partial charge is 0.275 e. The van der Waals surface area contributed by atoms with Gasteiger partial charge >= 0.3 is 0 Å². The second-order valence-electron chi connectivity index (χ2n) is 2.11. The molecule has 1 aliphatic heterocycles. The van der Waals surface area contributed by atoms with Crippen LogP contribution in [-0.2, 0) is 19.4 Å². The molecule has 7 heteroatoms. The summed E-state index contributed by atoms with van der Waals surface area (Å²) in [5.41, 5.74) is 0. The van der Waals surface area contributed by atoms with E-state index in [9.17, 15) is 18.0 Å². The summed E-state index contributed by atoms with van der Waals surface area (Å²) in [5.74, 6) is 0. The standard InChI is InChI=1S/C6H2Cl2O4S/c7-5(9)3-1-2-4(6(8)10)13(3,11)12/h1-2H. The van der Waals surface area contributed by atoms with Gasteiger partial charge in [0.1, 0.15) is 9.81 Å². The minimum Gasteiger partial charge on any atom is -0.275 e. The predicted octanol–water partition coefficient (Wildman–Crippen LogP) is 0.713. The van der Waals surface area contributed by atoms with Crippen molar-refractivity contribution in [1.82, 2.24) is 0 Å². The molecule has 0 aromatic heterocycles. The normalized spacial score (nSPS) is 19.2. The van der Waals surface area contributed by atoms with Crippen molar-refractivity contribution in [3.63, 3.8) is 0 Å². The first kappa shape index (κ1) is 10.4. The minimum absolute atomic E-state index is 0.627. The Labute approximate surface area is 83.7 Å². The molecule has 0 atom stereocenters. The molecule has 0 amide bonds. The summed E-state index contributed by atoms with van der Waals surface area (Å²) in [5, 5.41) is -2.27. The van der Waals surface area contributed by atoms with Crippen molar-refractivity contribution in [3.05, 3.63) is 22.0 Å². The first-order chi connectivity index (χ1) is 5.87. The molecule has 1 rings (SSSR count). The highest BCUT2D eigenvalue weighted by molar-refractivity contribution is 8.01. The molecule has 4 nitrogen and oxygen atoms in total. The molecule has 0 spiro atoms. The van der Waals surface area contributed by atoms with Crippen molar-refractivity contribution >= 4 is 43.5 Å². The molecule has 13 heavy (non-hydrogen) atoms. The van der Waals surface area contributed by atoms with Gasteiger partial charge in [0.15, 0.2) is 0 Å². The Morgan fingerprint density at radius 3 is 1.46 bits per heavy atom. The molecular formula is C6H2Cl2O4S. The van der Waals surface area contributed by atoms with Crippen LogP contribution < -0.4 is 0 Å². The number of sulfone groups is 1. The van der Waals surface area contributed by atoms with Crippen LogP contribution in [0.25, 0.3) is 0 Å². The van der Waals surface area contributed by atoms with Crippen molar-refractivity contribution in [2.45, 2.75) is 0 Å². The van der Waals surface area contributed by atoms with Crippen LogP contribution in [0.2, 0.25) is 0 Å². The number of hydrogen-bond acceptors (Lipinski definition) is 4. The Balaban J connectivity index is 3.24. The Kier molecular flexibility index (Phi) is 2.61. The summed E-state index contributed by atoms with van der Waals surface area (Å²) in [7, 11) is -4.07. The van der Waals surface area contributed by atoms with Gasteiger partial charge in [-0.05, 0) is 35.4 Å². The van der Waals surface area contributed by atoms with Crippen LogP contribution >= 0.6 is 23.2 Å². The molecule has 0 radical (unpaired) electrons. The topological polar surface area (TPSA) is 68.3 Å². The number of rotatable bonds is 2. The van der Waals surface area contributed by atoms with Gasteiger partial charge in [-0.2, -0.15) is 0 Å². The van der Waals surface area contributed by atoms with Gasteiger partial charge in [-0.1, -0.05) is 0 Å². The van der Waals surface area contributed by atoms with Crippen molar-refractivity contribution in [2.24, 2.45) is 0 Å². The van der Waals surface area contributed by atoms with Gasteiger partial charge in [-0.3, -0.25) is 9.59 Å². The van der Waals surface area contributed by atoms with Gasteiger partial charge < -0.3 is 0 Å². The maximum Gasteiger partial charge on any atom is 0.264 e. The first-order valence-corrected chi connectivity index (χ1v) is 5.18. The van der Waals surface area contributed by atoms with E-state index in [0.717, 1.165) is 12.2 Å². The molecule has 0 saturated heterocycles. The third kappa shape index (κ3) is 1.67. The highest BCUT2D eigenvalue weighted by Crippen LogP contribution is 2.27. The maximum atomic E-state index is 11.2. The lowest BCUT2D eigenvalue weighted by Crippen LogP contribution is -2.11. The average molecular weight is 241 g/mol. The molecule has 70 valence electrons. The second kappa shape index (κ2) is 3.25. The molecule has 0 bridgehead atoms. The fourth-order valence-corrected chi connectivity index (χ4v) is 2.68. The van der Waals surface area contributed by atoms with E-state index < -0.39 is 30.1 Å². The molecule has 0 fully saturated rings. The zero-order chi connectivity index (χ0) is 10.2. The van der Waals surface area contributed by atoms with Gasteiger partial charge in [0, 0.05) is 0 Å². The molecule has 0 saturated carbocycles. The highest BCUT2D eigenvalue weighted by atomic mass is 35.5. The van der Waals surface area contributed by atoms with E-state index in [1.54, 1.807) is 0 Å². The molecule has 0 aliphatic carbocycles. The number of hydrogen-bond donors (Lipinski definition) is 0. The van der Waals surface area contributed by atoms with E-state index in [2.05, 4.69) is 0 Å². The average Bonchev–Trinajstić information content (AvgIpc) is 2.24. The van der Waals surface area contributed by atoms with E-state index in [1.807, 2.05) is 0 Å². The summed E-state index contributed by atoms with van der Waals surface area (Å²) in [6.45, 7) is 0. The summed E-state index contributed by atoms with van der Waals surface area (Å²) >= 11 is 9.93. The van der Waals surface area contributed by atoms with E-state index in [1.165, 1.54) is 0 Å². The Hall–Kier alpha value is -0.650. The SMILES string of the molecule is O=C(Cl)C1=CC=C(C(=O)Cl)S1(=O)=O. The third-order valence-corrected chi connectivity index (χ3v) is 3.78. The zero-order valence-corrected chi connectivity index (χ0v) is 8.28. The van der Waals surface area contributed by atoms with Crippen molar-refractivity contribution < 1.29 is 18.0 Å². The minimum atomic E-state index is -4.07. The summed E-state index contributed by atoms with van der Waals surface area (Å²) in [4.78, 5) is 19.9. The van der Waals surface area contributed by atoms with Gasteiger partial charge in [0.25, 0.3) is 10.5 Å². The van der Waals surface area contributed by atoms with E-state index in [4.69, 9.17) is 23.2 Å². The van der Waals surface area contributed by atoms with E-state index in [0.29, 0.717) is 0 Å². The van der Waals surface area contributed by atoms with Gasteiger partial charge in [0.2, 0.25) is 9.84 Å². The van der Waals surface area contributed by atoms with Crippen LogP contribution in [0.5, 0.6) is 0 Å². The summed E-state index contributed by atoms with van der Waals surface area (Å²) in [6.07, 6.45) is 1.89. The molecule has 0 unspecified atom stereocenters. The van der Waals surface area contributed by atoms with Crippen LogP contribution in [0, 0.1) is 0 Å². The van der Waals surface area contributed by atoms with Crippen molar-refractivity contribution in [1.29, 1.82) is 0 Å². The summed E-state index contributed by atoms with van der Waals surface area (Å²) < 4.78 is 22.5. The van der Waals surface area contributed by atoms with Gasteiger partial charge in [-0.25, -0.2) is 8.42 Å². The fourth-order valence-electron chi connectivity index (χ4n) is 0.791. The van der Waals surface area contributed by atoms with Crippen LogP contribution in [0.1, 0.15) is 0 Å². The molecule has 0 aromatic rings. The molecule has 1 heterocycles. The smallest absolute Gasteiger partial charge is 0.264 e. The van der Waals surface area contributed by atoms with Crippen LogP contribution in [0.15, 0.2) is 22.0 Å². The first-order valence-electron chi connectivity index (χ1n) is 2.94. The lowest BCUT2D eigenvalue weighted by Gasteiger charge is -1.97. The van der Waals surface area contributed by atoms with Crippen molar-refractivity contribution in [3.8, 4) is 0 Å². The third-order valence-electron chi connectivity index (χ3n) is 1.35. The summed E-state index contributed by atoms with van der Waals surface area (Å²) in [6, 6.07) is 0. The van der Waals surface area contributed by atoms with Crippen LogP contribution in [-0.4, -0.2) is 18.9 Å². The van der Waals surface area contributed by atoms with Crippen LogP contribution in [0.3, 0.4) is 0 Å². The monoisotopic (exact) mass is 240 g/mol. The predicted molar refractivity (Wildman–Crippen MR) is 46.8 cm³/mol. The van der Waals surface area contributed by atoms with E-state index in [-0.39, 0.29) is 0 Å². The van der Waals surface area contributed by atoms with Crippen molar-refractivity contribution in [2.75, 3.05) is 0 Å². The van der Waals surface area contributed by atoms with Crippen LogP contribution in [0.4, 0.5) is 0 Å². The van der Waals surface area contributed by atoms with E-state index >= 15 is 0 Å². The number of carbonyl (C=O) groups is 2. The Bertz CT molecular complexity index is 407. The second-order valence-corrected chi connectivity index (χ2v) is 4.69. The number of allylic oxidation sites excluding steroid dienone is 4. The molecule has 0 aromatic carbocycles. The number of halogens is 2. The quantitative estimate of drug-likeness (QED) is 0.667. The molecule has 1 aliphatic rings. The Morgan fingerprint density at radius 1 is 1.00 bits per heavy atom. The lowest BCUT2D eigenvalue weighted by molar-refractivity contribution is -0.108. The highest BCUT2D eigenvalue weighted by Gasteiger charge is 2.34. The molecule has 0 N–H and O–H groups in total. The maximum absolute atomic E-state index is 11.2. The van der Waals surface area contributed by atoms with Gasteiger partial charge in [-0.15, -0.1) is 0 Å². The molecular weight excluding hydrogens is 239 g/mol. The fraction of sp³-hybridized carbons (Fsp3) is 0. The van der Waals surface area contributed by atoms with Gasteiger partial charge in [0.05, 0.1) is 0 Å². The number of carbonyl (C=O) groups excluding carboxylic acids is 2. The zero-order valence-electron chi connectivity index (χ0n) is 5.95. The Morgan fingerprint density at radius 2 is 1.31 bits per heavy atom.